The molecule has 4 rings (SSSR count). The van der Waals surface area contributed by atoms with Crippen LogP contribution in [-0.4, -0.2) is 10.5 Å². The first-order valence-electron chi connectivity index (χ1n) is 8.44. The molecule has 1 saturated carbocycles. The molecule has 0 spiro atoms. The smallest absolute Gasteiger partial charge is 0.257 e. The molecule has 0 unspecified atom stereocenters. The van der Waals surface area contributed by atoms with E-state index >= 15 is 0 Å². The number of nitrogens with one attached hydrogen (secondary N) is 1. The minimum Gasteiger partial charge on any atom is -0.356 e. The van der Waals surface area contributed by atoms with Crippen molar-refractivity contribution in [2.24, 2.45) is 7.05 Å². The number of nitrogens with zero attached hydrogens (tertiary/aromatic N) is 1. The zero-order valence-corrected chi connectivity index (χ0v) is 14.0. The zero-order valence-electron chi connectivity index (χ0n) is 14.0. The molecular weight excluding hydrogens is 315 g/mol. The Morgan fingerprint density at radius 2 is 1.72 bits per heavy atom. The highest BCUT2D eigenvalue weighted by Gasteiger charge is 2.29. The van der Waals surface area contributed by atoms with Crippen LogP contribution in [0.2, 0.25) is 0 Å². The molecule has 1 amide bonds. The molecule has 126 valence electrons. The molecule has 1 fully saturated rings. The summed E-state index contributed by atoms with van der Waals surface area (Å²) in [6.07, 6.45) is 6.15. The topological polar surface area (TPSA) is 34.0 Å². The van der Waals surface area contributed by atoms with Crippen molar-refractivity contribution in [2.75, 3.05) is 5.32 Å². The maximum atomic E-state index is 14.2. The highest BCUT2D eigenvalue weighted by Crippen LogP contribution is 2.42. The van der Waals surface area contributed by atoms with Crippen LogP contribution in [0.5, 0.6) is 0 Å². The average molecular weight is 334 g/mol. The van der Waals surface area contributed by atoms with Crippen LogP contribution < -0.4 is 5.32 Å². The van der Waals surface area contributed by atoms with Crippen molar-refractivity contribution in [1.82, 2.24) is 4.57 Å². The second-order valence-corrected chi connectivity index (χ2v) is 6.55. The first kappa shape index (κ1) is 15.6. The number of carbonyl (C=O) groups excluding carboxylic acids is 1. The van der Waals surface area contributed by atoms with Gasteiger partial charge in [0.2, 0.25) is 0 Å². The van der Waals surface area contributed by atoms with Gasteiger partial charge in [-0.05, 0) is 36.5 Å². The van der Waals surface area contributed by atoms with E-state index in [9.17, 15) is 9.18 Å². The predicted molar refractivity (Wildman–Crippen MR) is 97.2 cm³/mol. The Hall–Kier alpha value is -2.88. The lowest BCUT2D eigenvalue weighted by atomic mass is 10.0. The predicted octanol–water partition coefficient (Wildman–Crippen LogP) is 4.96. The standard InChI is InChI=1S/C21H19FN2O/c1-24-12-17(14-10-11-14)18(13-24)21(25)23-20-9-5-3-7-16(20)15-6-2-4-8-19(15)22/h2-9,12-14H,10-11H2,1H3,(H,23,25). The summed E-state index contributed by atoms with van der Waals surface area (Å²) in [5.74, 6) is 0.0395. The van der Waals surface area contributed by atoms with E-state index in [-0.39, 0.29) is 11.7 Å². The summed E-state index contributed by atoms with van der Waals surface area (Å²) in [4.78, 5) is 12.8. The number of halogens is 1. The number of anilines is 1. The Labute approximate surface area is 146 Å². The van der Waals surface area contributed by atoms with Gasteiger partial charge in [0.05, 0.1) is 5.56 Å². The molecule has 0 radical (unpaired) electrons. The summed E-state index contributed by atoms with van der Waals surface area (Å²) in [5.41, 5.74) is 3.58. The van der Waals surface area contributed by atoms with E-state index in [0.717, 1.165) is 18.4 Å². The van der Waals surface area contributed by atoms with Crippen LogP contribution in [0.15, 0.2) is 60.9 Å². The van der Waals surface area contributed by atoms with Gasteiger partial charge in [-0.1, -0.05) is 36.4 Å². The molecule has 25 heavy (non-hydrogen) atoms. The Bertz CT molecular complexity index is 941. The van der Waals surface area contributed by atoms with E-state index in [1.54, 1.807) is 24.3 Å². The summed E-state index contributed by atoms with van der Waals surface area (Å²) in [7, 11) is 1.93. The van der Waals surface area contributed by atoms with Crippen LogP contribution in [0.3, 0.4) is 0 Å². The summed E-state index contributed by atoms with van der Waals surface area (Å²) in [5, 5.41) is 2.97. The zero-order chi connectivity index (χ0) is 17.4. The Morgan fingerprint density at radius 1 is 1.04 bits per heavy atom. The van der Waals surface area contributed by atoms with Gasteiger partial charge in [0.1, 0.15) is 5.82 Å². The van der Waals surface area contributed by atoms with E-state index < -0.39 is 0 Å². The second kappa shape index (κ2) is 6.20. The van der Waals surface area contributed by atoms with Crippen molar-refractivity contribution in [2.45, 2.75) is 18.8 Å². The highest BCUT2D eigenvalue weighted by atomic mass is 19.1. The van der Waals surface area contributed by atoms with Gasteiger partial charge >= 0.3 is 0 Å². The molecular formula is C21H19FN2O. The molecule has 0 aliphatic heterocycles. The number of carbonyl (C=O) groups is 1. The van der Waals surface area contributed by atoms with Gasteiger partial charge in [0.15, 0.2) is 0 Å². The van der Waals surface area contributed by atoms with Gasteiger partial charge in [-0.15, -0.1) is 0 Å². The molecule has 0 atom stereocenters. The van der Waals surface area contributed by atoms with Gasteiger partial charge in [0, 0.05) is 36.3 Å². The summed E-state index contributed by atoms with van der Waals surface area (Å²) >= 11 is 0. The van der Waals surface area contributed by atoms with Crippen LogP contribution in [0, 0.1) is 5.82 Å². The van der Waals surface area contributed by atoms with E-state index in [4.69, 9.17) is 0 Å². The molecule has 0 saturated heterocycles. The number of benzene rings is 2. The van der Waals surface area contributed by atoms with Crippen molar-refractivity contribution >= 4 is 11.6 Å². The number of para-hydroxylation sites is 1. The van der Waals surface area contributed by atoms with Crippen LogP contribution in [0.1, 0.15) is 34.7 Å². The van der Waals surface area contributed by atoms with Crippen LogP contribution in [-0.2, 0) is 7.05 Å². The summed E-state index contributed by atoms with van der Waals surface area (Å²) in [6.45, 7) is 0. The van der Waals surface area contributed by atoms with Gasteiger partial charge < -0.3 is 9.88 Å². The first-order valence-corrected chi connectivity index (χ1v) is 8.44. The van der Waals surface area contributed by atoms with Crippen LogP contribution in [0.4, 0.5) is 10.1 Å². The monoisotopic (exact) mass is 334 g/mol. The van der Waals surface area contributed by atoms with Crippen molar-refractivity contribution in [3.63, 3.8) is 0 Å². The molecule has 2 aromatic carbocycles. The number of aryl methyl sites for hydroxylation is 1. The lowest BCUT2D eigenvalue weighted by Gasteiger charge is -2.12. The molecule has 3 nitrogen and oxygen atoms in total. The molecule has 1 aromatic heterocycles. The largest absolute Gasteiger partial charge is 0.356 e. The Balaban J connectivity index is 1.68. The average Bonchev–Trinajstić information content (AvgIpc) is 3.38. The molecule has 1 aliphatic rings. The third-order valence-corrected chi connectivity index (χ3v) is 4.59. The van der Waals surface area contributed by atoms with E-state index in [2.05, 4.69) is 5.32 Å². The van der Waals surface area contributed by atoms with Gasteiger partial charge in [-0.3, -0.25) is 4.79 Å². The third-order valence-electron chi connectivity index (χ3n) is 4.59. The highest BCUT2D eigenvalue weighted by molar-refractivity contribution is 6.07. The quantitative estimate of drug-likeness (QED) is 0.719. The first-order chi connectivity index (χ1) is 12.1. The van der Waals surface area contributed by atoms with Gasteiger partial charge in [-0.25, -0.2) is 4.39 Å². The molecule has 0 bridgehead atoms. The van der Waals surface area contributed by atoms with Crippen molar-refractivity contribution in [1.29, 1.82) is 0 Å². The second-order valence-electron chi connectivity index (χ2n) is 6.55. The van der Waals surface area contributed by atoms with E-state index in [0.29, 0.717) is 28.3 Å². The van der Waals surface area contributed by atoms with Crippen molar-refractivity contribution < 1.29 is 9.18 Å². The van der Waals surface area contributed by atoms with E-state index in [1.165, 1.54) is 6.07 Å². The number of rotatable bonds is 4. The fourth-order valence-electron chi connectivity index (χ4n) is 3.21. The number of amides is 1. The van der Waals surface area contributed by atoms with Crippen molar-refractivity contribution in [3.05, 3.63) is 77.9 Å². The molecule has 3 aromatic rings. The van der Waals surface area contributed by atoms with Crippen LogP contribution >= 0.6 is 0 Å². The summed E-state index contributed by atoms with van der Waals surface area (Å²) < 4.78 is 16.1. The third kappa shape index (κ3) is 3.07. The molecule has 1 aliphatic carbocycles. The number of aromatic nitrogens is 1. The minimum atomic E-state index is -0.303. The fourth-order valence-corrected chi connectivity index (χ4v) is 3.21. The molecule has 4 heteroatoms. The SMILES string of the molecule is Cn1cc(C(=O)Nc2ccccc2-c2ccccc2F)c(C2CC2)c1. The number of hydrogen-bond acceptors (Lipinski definition) is 1. The lowest BCUT2D eigenvalue weighted by Crippen LogP contribution is -2.13. The van der Waals surface area contributed by atoms with Gasteiger partial charge in [-0.2, -0.15) is 0 Å². The Morgan fingerprint density at radius 3 is 2.44 bits per heavy atom. The molecule has 1 heterocycles. The lowest BCUT2D eigenvalue weighted by molar-refractivity contribution is 0.102. The van der Waals surface area contributed by atoms with E-state index in [1.807, 2.05) is 42.2 Å². The van der Waals surface area contributed by atoms with Crippen LogP contribution in [0.25, 0.3) is 11.1 Å². The minimum absolute atomic E-state index is 0.147. The molecule has 1 N–H and O–H groups in total. The normalized spacial score (nSPS) is 13.7. The fraction of sp³-hybridized carbons (Fsp3) is 0.190. The van der Waals surface area contributed by atoms with Gasteiger partial charge in [0.25, 0.3) is 5.91 Å². The Kier molecular flexibility index (Phi) is 3.88. The number of hydrogen-bond donors (Lipinski definition) is 1. The maximum absolute atomic E-state index is 14.2. The van der Waals surface area contributed by atoms with Crippen molar-refractivity contribution in [3.8, 4) is 11.1 Å². The maximum Gasteiger partial charge on any atom is 0.257 e. The summed E-state index contributed by atoms with van der Waals surface area (Å²) in [6, 6.07) is 13.9.